The van der Waals surface area contributed by atoms with Crippen molar-refractivity contribution in [3.05, 3.63) is 38.9 Å². The van der Waals surface area contributed by atoms with Crippen molar-refractivity contribution in [2.24, 2.45) is 0 Å². The number of nitrogens with zero attached hydrogens (tertiary/aromatic N) is 1. The first kappa shape index (κ1) is 17.4. The highest BCUT2D eigenvalue weighted by Crippen LogP contribution is 2.22. The summed E-state index contributed by atoms with van der Waals surface area (Å²) in [4.78, 5) is 22.0. The minimum Gasteiger partial charge on any atom is -0.352 e. The van der Waals surface area contributed by atoms with E-state index < -0.39 is 4.92 Å². The number of amides is 1. The fourth-order valence-electron chi connectivity index (χ4n) is 2.00. The maximum Gasteiger partial charge on any atom is 0.270 e. The highest BCUT2D eigenvalue weighted by molar-refractivity contribution is 6.34. The number of halogens is 1. The number of hydrogen-bond donors (Lipinski definition) is 1. The fourth-order valence-corrected chi connectivity index (χ4v) is 2.26. The molecule has 0 aliphatic rings. The molecule has 1 amide bonds. The third-order valence-corrected chi connectivity index (χ3v) is 3.54. The number of nitro groups is 1. The van der Waals surface area contributed by atoms with Crippen molar-refractivity contribution < 1.29 is 9.72 Å². The Morgan fingerprint density at radius 3 is 2.52 bits per heavy atom. The van der Waals surface area contributed by atoms with Crippen molar-refractivity contribution >= 4 is 23.2 Å². The molecule has 116 valence electrons. The van der Waals surface area contributed by atoms with Crippen LogP contribution in [0.3, 0.4) is 0 Å². The van der Waals surface area contributed by atoms with E-state index in [1.165, 1.54) is 43.9 Å². The van der Waals surface area contributed by atoms with Crippen LogP contribution in [0, 0.1) is 10.1 Å². The molecule has 0 aliphatic carbocycles. The van der Waals surface area contributed by atoms with Crippen LogP contribution < -0.4 is 5.32 Å². The van der Waals surface area contributed by atoms with Gasteiger partial charge in [-0.05, 0) is 12.5 Å². The molecule has 0 heterocycles. The Balaban J connectivity index is 2.37. The lowest BCUT2D eigenvalue weighted by molar-refractivity contribution is -0.384. The molecule has 0 aliphatic heterocycles. The number of rotatable bonds is 9. The normalized spacial score (nSPS) is 10.4. The molecule has 0 radical (unpaired) electrons. The van der Waals surface area contributed by atoms with E-state index >= 15 is 0 Å². The highest BCUT2D eigenvalue weighted by atomic mass is 35.5. The summed E-state index contributed by atoms with van der Waals surface area (Å²) in [6, 6.07) is 3.86. The van der Waals surface area contributed by atoms with Crippen LogP contribution >= 0.6 is 11.6 Å². The van der Waals surface area contributed by atoms with Crippen LogP contribution in [0.1, 0.15) is 55.8 Å². The summed E-state index contributed by atoms with van der Waals surface area (Å²) in [5, 5.41) is 13.5. The lowest BCUT2D eigenvalue weighted by atomic mass is 10.1. The Bertz CT molecular complexity index is 492. The number of nitrogens with one attached hydrogen (secondary N) is 1. The third kappa shape index (κ3) is 6.12. The average molecular weight is 313 g/mol. The summed E-state index contributed by atoms with van der Waals surface area (Å²) in [5.74, 6) is -0.288. The summed E-state index contributed by atoms with van der Waals surface area (Å²) in [6.07, 6.45) is 6.91. The van der Waals surface area contributed by atoms with Gasteiger partial charge in [-0.25, -0.2) is 0 Å². The topological polar surface area (TPSA) is 72.2 Å². The summed E-state index contributed by atoms with van der Waals surface area (Å²) < 4.78 is 0. The summed E-state index contributed by atoms with van der Waals surface area (Å²) in [6.45, 7) is 2.77. The summed E-state index contributed by atoms with van der Waals surface area (Å²) in [5.41, 5.74) is 0.153. The molecule has 0 aromatic heterocycles. The summed E-state index contributed by atoms with van der Waals surface area (Å²) in [7, 11) is 0. The van der Waals surface area contributed by atoms with Crippen LogP contribution in [0.4, 0.5) is 5.69 Å². The van der Waals surface area contributed by atoms with Gasteiger partial charge in [-0.3, -0.25) is 14.9 Å². The quantitative estimate of drug-likeness (QED) is 0.419. The average Bonchev–Trinajstić information content (AvgIpc) is 2.45. The van der Waals surface area contributed by atoms with Gasteiger partial charge in [0.25, 0.3) is 11.6 Å². The number of carbonyl (C=O) groups is 1. The minimum atomic E-state index is -0.538. The maximum atomic E-state index is 11.9. The fraction of sp³-hybridized carbons (Fsp3) is 0.533. The molecule has 0 fully saturated rings. The van der Waals surface area contributed by atoms with Gasteiger partial charge in [0.05, 0.1) is 15.5 Å². The summed E-state index contributed by atoms with van der Waals surface area (Å²) >= 11 is 5.90. The van der Waals surface area contributed by atoms with Gasteiger partial charge < -0.3 is 5.32 Å². The van der Waals surface area contributed by atoms with E-state index in [1.807, 2.05) is 0 Å². The number of carbonyl (C=O) groups excluding carboxylic acids is 1. The molecule has 0 saturated carbocycles. The van der Waals surface area contributed by atoms with Gasteiger partial charge in [-0.15, -0.1) is 0 Å². The van der Waals surface area contributed by atoms with Crippen LogP contribution in [-0.4, -0.2) is 17.4 Å². The van der Waals surface area contributed by atoms with E-state index in [-0.39, 0.29) is 22.2 Å². The molecule has 1 aromatic rings. The largest absolute Gasteiger partial charge is 0.352 e. The van der Waals surface area contributed by atoms with E-state index in [9.17, 15) is 14.9 Å². The molecule has 1 aromatic carbocycles. The monoisotopic (exact) mass is 312 g/mol. The smallest absolute Gasteiger partial charge is 0.270 e. The van der Waals surface area contributed by atoms with Crippen LogP contribution in [0.2, 0.25) is 5.02 Å². The number of unbranched alkanes of at least 4 members (excludes halogenated alkanes) is 5. The van der Waals surface area contributed by atoms with Crippen molar-refractivity contribution in [3.63, 3.8) is 0 Å². The number of nitro benzene ring substituents is 1. The van der Waals surface area contributed by atoms with Gasteiger partial charge in [-0.1, -0.05) is 50.6 Å². The third-order valence-electron chi connectivity index (χ3n) is 3.22. The first-order valence-corrected chi connectivity index (χ1v) is 7.66. The van der Waals surface area contributed by atoms with Gasteiger partial charge in [0, 0.05) is 18.7 Å². The first-order valence-electron chi connectivity index (χ1n) is 7.28. The Kier molecular flexibility index (Phi) is 7.75. The Morgan fingerprint density at radius 2 is 1.90 bits per heavy atom. The van der Waals surface area contributed by atoms with Gasteiger partial charge in [0.1, 0.15) is 0 Å². The number of benzene rings is 1. The maximum absolute atomic E-state index is 11.9. The van der Waals surface area contributed by atoms with Gasteiger partial charge >= 0.3 is 0 Å². The zero-order chi connectivity index (χ0) is 15.7. The second-order valence-corrected chi connectivity index (χ2v) is 5.35. The Hall–Kier alpha value is -1.62. The van der Waals surface area contributed by atoms with Crippen LogP contribution in [0.15, 0.2) is 18.2 Å². The van der Waals surface area contributed by atoms with Crippen molar-refractivity contribution in [1.29, 1.82) is 0 Å². The van der Waals surface area contributed by atoms with Crippen LogP contribution in [0.5, 0.6) is 0 Å². The zero-order valence-electron chi connectivity index (χ0n) is 12.2. The molecule has 1 N–H and O–H groups in total. The van der Waals surface area contributed by atoms with E-state index in [4.69, 9.17) is 11.6 Å². The molecule has 5 nitrogen and oxygen atoms in total. The van der Waals surface area contributed by atoms with Gasteiger partial charge in [0.15, 0.2) is 0 Å². The zero-order valence-corrected chi connectivity index (χ0v) is 13.0. The number of non-ortho nitro benzene ring substituents is 1. The molecule has 0 saturated heterocycles. The van der Waals surface area contributed by atoms with Crippen molar-refractivity contribution in [1.82, 2.24) is 5.32 Å². The molecular formula is C15H21ClN2O3. The molecule has 0 bridgehead atoms. The predicted molar refractivity (Wildman–Crippen MR) is 83.8 cm³/mol. The van der Waals surface area contributed by atoms with Crippen LogP contribution in [-0.2, 0) is 0 Å². The SMILES string of the molecule is CCCCCCCCNC(=O)c1ccc([N+](=O)[O-])cc1Cl. The van der Waals surface area contributed by atoms with Crippen molar-refractivity contribution in [3.8, 4) is 0 Å². The minimum absolute atomic E-state index is 0.102. The highest BCUT2D eigenvalue weighted by Gasteiger charge is 2.14. The van der Waals surface area contributed by atoms with Gasteiger partial charge in [-0.2, -0.15) is 0 Å². The molecule has 0 unspecified atom stereocenters. The van der Waals surface area contributed by atoms with Crippen LogP contribution in [0.25, 0.3) is 0 Å². The molecule has 0 atom stereocenters. The Morgan fingerprint density at radius 1 is 1.24 bits per heavy atom. The molecule has 0 spiro atoms. The molecular weight excluding hydrogens is 292 g/mol. The lowest BCUT2D eigenvalue weighted by Gasteiger charge is -2.06. The lowest BCUT2D eigenvalue weighted by Crippen LogP contribution is -2.24. The van der Waals surface area contributed by atoms with E-state index in [0.29, 0.717) is 6.54 Å². The predicted octanol–water partition coefficient (Wildman–Crippen LogP) is 4.34. The molecule has 6 heteroatoms. The molecule has 1 rings (SSSR count). The van der Waals surface area contributed by atoms with E-state index in [2.05, 4.69) is 12.2 Å². The standard InChI is InChI=1S/C15H21ClN2O3/c1-2-3-4-5-6-7-10-17-15(19)13-9-8-12(18(20)21)11-14(13)16/h8-9,11H,2-7,10H2,1H3,(H,17,19). The van der Waals surface area contributed by atoms with Crippen molar-refractivity contribution in [2.75, 3.05) is 6.54 Å². The second-order valence-electron chi connectivity index (χ2n) is 4.94. The van der Waals surface area contributed by atoms with E-state index in [0.717, 1.165) is 12.8 Å². The second kappa shape index (κ2) is 9.34. The first-order chi connectivity index (χ1) is 10.1. The number of hydrogen-bond acceptors (Lipinski definition) is 3. The van der Waals surface area contributed by atoms with E-state index in [1.54, 1.807) is 0 Å². The Labute approximate surface area is 129 Å². The molecule has 21 heavy (non-hydrogen) atoms. The van der Waals surface area contributed by atoms with Crippen molar-refractivity contribution in [2.45, 2.75) is 45.4 Å². The van der Waals surface area contributed by atoms with Gasteiger partial charge in [0.2, 0.25) is 0 Å².